The van der Waals surface area contributed by atoms with E-state index in [-0.39, 0.29) is 5.91 Å². The summed E-state index contributed by atoms with van der Waals surface area (Å²) in [6.07, 6.45) is 0.951. The van der Waals surface area contributed by atoms with Crippen LogP contribution in [-0.2, 0) is 6.42 Å². The van der Waals surface area contributed by atoms with Crippen molar-refractivity contribution < 1.29 is 19.0 Å². The van der Waals surface area contributed by atoms with Crippen LogP contribution in [-0.4, -0.2) is 32.2 Å². The highest BCUT2D eigenvalue weighted by Gasteiger charge is 2.19. The minimum Gasteiger partial charge on any atom is -0.493 e. The maximum atomic E-state index is 13.2. The van der Waals surface area contributed by atoms with E-state index in [0.717, 1.165) is 39.7 Å². The summed E-state index contributed by atoms with van der Waals surface area (Å²) >= 11 is 0. The Morgan fingerprint density at radius 2 is 1.66 bits per heavy atom. The monoisotopic (exact) mass is 432 g/mol. The Bertz CT molecular complexity index is 1310. The fourth-order valence-electron chi connectivity index (χ4n) is 4.33. The van der Waals surface area contributed by atoms with Crippen molar-refractivity contribution in [3.63, 3.8) is 0 Å². The number of hydrogen-bond donors (Lipinski definition) is 2. The van der Waals surface area contributed by atoms with E-state index in [9.17, 15) is 4.79 Å². The molecule has 0 aliphatic heterocycles. The lowest BCUT2D eigenvalue weighted by Gasteiger charge is -2.15. The van der Waals surface area contributed by atoms with Gasteiger partial charge in [0.05, 0.1) is 21.3 Å². The number of nitrogens with one attached hydrogen (secondary N) is 2. The quantitative estimate of drug-likeness (QED) is 0.405. The second-order valence-corrected chi connectivity index (χ2v) is 7.80. The average molecular weight is 433 g/mol. The van der Waals surface area contributed by atoms with E-state index in [4.69, 9.17) is 14.2 Å². The first-order chi connectivity index (χ1) is 15.4. The largest absolute Gasteiger partial charge is 0.493 e. The second kappa shape index (κ2) is 8.46. The molecule has 1 aromatic heterocycles. The molecule has 4 aromatic rings. The van der Waals surface area contributed by atoms with Crippen LogP contribution in [0, 0.1) is 13.8 Å². The first-order valence-corrected chi connectivity index (χ1v) is 10.6. The van der Waals surface area contributed by atoms with E-state index < -0.39 is 0 Å². The second-order valence-electron chi connectivity index (χ2n) is 7.80. The SMILES string of the molecule is CCc1cccc2c1[nH]c1c(C)cc(NC(=O)c3cc(OC)c(OC)c(OC)c3)c(C)c12. The van der Waals surface area contributed by atoms with Gasteiger partial charge < -0.3 is 24.5 Å². The summed E-state index contributed by atoms with van der Waals surface area (Å²) in [7, 11) is 4.59. The Morgan fingerprint density at radius 3 is 2.25 bits per heavy atom. The molecule has 0 unspecified atom stereocenters. The molecular formula is C26H28N2O4. The number of fused-ring (bicyclic) bond motifs is 3. The third-order valence-corrected chi connectivity index (χ3v) is 6.01. The smallest absolute Gasteiger partial charge is 0.255 e. The zero-order valence-electron chi connectivity index (χ0n) is 19.3. The Morgan fingerprint density at radius 1 is 0.969 bits per heavy atom. The number of carbonyl (C=O) groups is 1. The maximum Gasteiger partial charge on any atom is 0.255 e. The minimum atomic E-state index is -0.250. The number of rotatable bonds is 6. The molecule has 32 heavy (non-hydrogen) atoms. The number of hydrogen-bond acceptors (Lipinski definition) is 4. The maximum absolute atomic E-state index is 13.2. The number of aromatic amines is 1. The predicted molar refractivity (Wildman–Crippen MR) is 129 cm³/mol. The molecule has 0 bridgehead atoms. The molecule has 1 amide bonds. The number of methoxy groups -OCH3 is 3. The summed E-state index contributed by atoms with van der Waals surface area (Å²) in [6, 6.07) is 11.7. The van der Waals surface area contributed by atoms with Crippen LogP contribution in [0.15, 0.2) is 36.4 Å². The van der Waals surface area contributed by atoms with Gasteiger partial charge in [0.2, 0.25) is 5.75 Å². The van der Waals surface area contributed by atoms with Gasteiger partial charge in [-0.1, -0.05) is 25.1 Å². The van der Waals surface area contributed by atoms with E-state index in [1.54, 1.807) is 12.1 Å². The third-order valence-electron chi connectivity index (χ3n) is 6.01. The summed E-state index contributed by atoms with van der Waals surface area (Å²) in [4.78, 5) is 16.8. The lowest BCUT2D eigenvalue weighted by Crippen LogP contribution is -2.14. The van der Waals surface area contributed by atoms with Gasteiger partial charge in [0.15, 0.2) is 11.5 Å². The van der Waals surface area contributed by atoms with Crippen molar-refractivity contribution in [2.75, 3.05) is 26.6 Å². The number of para-hydroxylation sites is 1. The molecule has 2 N–H and O–H groups in total. The van der Waals surface area contributed by atoms with Crippen LogP contribution < -0.4 is 19.5 Å². The van der Waals surface area contributed by atoms with Gasteiger partial charge in [-0.25, -0.2) is 0 Å². The fraction of sp³-hybridized carbons (Fsp3) is 0.269. The average Bonchev–Trinajstić information content (AvgIpc) is 3.21. The third kappa shape index (κ3) is 3.42. The van der Waals surface area contributed by atoms with Gasteiger partial charge in [0.1, 0.15) is 0 Å². The molecule has 0 saturated carbocycles. The Kier molecular flexibility index (Phi) is 5.70. The van der Waals surface area contributed by atoms with E-state index in [0.29, 0.717) is 22.8 Å². The van der Waals surface area contributed by atoms with E-state index in [1.807, 2.05) is 13.0 Å². The molecule has 0 atom stereocenters. The zero-order chi connectivity index (χ0) is 23.0. The van der Waals surface area contributed by atoms with Gasteiger partial charge in [-0.3, -0.25) is 4.79 Å². The molecular weight excluding hydrogens is 404 g/mol. The predicted octanol–water partition coefficient (Wildman–Crippen LogP) is 5.78. The lowest BCUT2D eigenvalue weighted by atomic mass is 10.0. The van der Waals surface area contributed by atoms with Crippen LogP contribution in [0.2, 0.25) is 0 Å². The van der Waals surface area contributed by atoms with Crippen LogP contribution in [0.1, 0.15) is 34.0 Å². The molecule has 0 aliphatic rings. The van der Waals surface area contributed by atoms with Crippen molar-refractivity contribution in [3.8, 4) is 17.2 Å². The number of H-pyrrole nitrogens is 1. The van der Waals surface area contributed by atoms with E-state index in [1.165, 1.54) is 32.3 Å². The highest BCUT2D eigenvalue weighted by Crippen LogP contribution is 2.39. The highest BCUT2D eigenvalue weighted by molar-refractivity contribution is 6.14. The molecule has 0 saturated heterocycles. The first kappa shape index (κ1) is 21.6. The van der Waals surface area contributed by atoms with Crippen molar-refractivity contribution in [2.45, 2.75) is 27.2 Å². The molecule has 0 radical (unpaired) electrons. The standard InChI is InChI=1S/C26H28N2O4/c1-7-16-9-8-10-18-22-15(3)19(11-14(2)23(22)28-24(16)18)27-26(29)17-12-20(30-4)25(32-6)21(13-17)31-5/h8-13,28H,7H2,1-6H3,(H,27,29). The summed E-state index contributed by atoms with van der Waals surface area (Å²) in [6.45, 7) is 6.25. The number of amides is 1. The van der Waals surface area contributed by atoms with Gasteiger partial charge >= 0.3 is 0 Å². The van der Waals surface area contributed by atoms with Gasteiger partial charge in [-0.05, 0) is 55.2 Å². The molecule has 0 fully saturated rings. The Balaban J connectivity index is 1.81. The van der Waals surface area contributed by atoms with Gasteiger partial charge in [-0.15, -0.1) is 0 Å². The molecule has 4 rings (SSSR count). The van der Waals surface area contributed by atoms with Crippen molar-refractivity contribution in [2.24, 2.45) is 0 Å². The van der Waals surface area contributed by atoms with Gasteiger partial charge in [0, 0.05) is 33.1 Å². The highest BCUT2D eigenvalue weighted by atomic mass is 16.5. The van der Waals surface area contributed by atoms with E-state index in [2.05, 4.69) is 42.3 Å². The molecule has 166 valence electrons. The van der Waals surface area contributed by atoms with Crippen LogP contribution >= 0.6 is 0 Å². The summed E-state index contributed by atoms with van der Waals surface area (Å²) < 4.78 is 16.1. The minimum absolute atomic E-state index is 0.250. The van der Waals surface area contributed by atoms with Crippen molar-refractivity contribution >= 4 is 33.4 Å². The number of aryl methyl sites for hydroxylation is 3. The van der Waals surface area contributed by atoms with Crippen LogP contribution in [0.4, 0.5) is 5.69 Å². The normalized spacial score (nSPS) is 11.1. The molecule has 6 nitrogen and oxygen atoms in total. The van der Waals surface area contributed by atoms with Crippen LogP contribution in [0.3, 0.4) is 0 Å². The molecule has 3 aromatic carbocycles. The van der Waals surface area contributed by atoms with Crippen LogP contribution in [0.25, 0.3) is 21.8 Å². The number of aromatic nitrogens is 1. The first-order valence-electron chi connectivity index (χ1n) is 10.6. The number of carbonyl (C=O) groups excluding carboxylic acids is 1. The summed E-state index contributed by atoms with van der Waals surface area (Å²) in [5.74, 6) is 1.07. The number of benzene rings is 3. The molecule has 6 heteroatoms. The molecule has 0 aliphatic carbocycles. The Hall–Kier alpha value is -3.67. The van der Waals surface area contributed by atoms with Crippen LogP contribution in [0.5, 0.6) is 17.2 Å². The van der Waals surface area contributed by atoms with Crippen molar-refractivity contribution in [1.29, 1.82) is 0 Å². The lowest BCUT2D eigenvalue weighted by molar-refractivity contribution is 0.102. The van der Waals surface area contributed by atoms with Crippen molar-refractivity contribution in [3.05, 3.63) is 58.7 Å². The zero-order valence-corrected chi connectivity index (χ0v) is 19.3. The van der Waals surface area contributed by atoms with Gasteiger partial charge in [0.25, 0.3) is 5.91 Å². The number of anilines is 1. The van der Waals surface area contributed by atoms with Gasteiger partial charge in [-0.2, -0.15) is 0 Å². The fourth-order valence-corrected chi connectivity index (χ4v) is 4.33. The topological polar surface area (TPSA) is 72.6 Å². The summed E-state index contributed by atoms with van der Waals surface area (Å²) in [5, 5.41) is 5.38. The number of ether oxygens (including phenoxy) is 3. The Labute approximate surface area is 187 Å². The van der Waals surface area contributed by atoms with E-state index >= 15 is 0 Å². The molecule has 0 spiro atoms. The van der Waals surface area contributed by atoms with Crippen molar-refractivity contribution in [1.82, 2.24) is 4.98 Å². The summed E-state index contributed by atoms with van der Waals surface area (Å²) in [5.41, 5.74) is 6.82. The molecule has 1 heterocycles.